The molecule has 2 fully saturated rings. The molecule has 2 amide bonds. The standard InChI is InChI=1S/C27H46FN3O4/c1-18(21(4)32)16-30(20(3)19(2)28)17-23-14-11-15-31(23)25(33)24(22-12-9-8-10-13-22)29-26(34)35-27(5,6)7/h16,19-20,22-24H,8-15,17H2,1-7H3,(H,29,34)/b18-16+/t19-,20?,23-,24-/m0/s1. The molecule has 0 aromatic rings. The van der Waals surface area contributed by atoms with E-state index < -0.39 is 29.9 Å². The molecule has 0 spiro atoms. The van der Waals surface area contributed by atoms with E-state index in [2.05, 4.69) is 5.32 Å². The second-order valence-corrected chi connectivity index (χ2v) is 11.3. The van der Waals surface area contributed by atoms with Crippen LogP contribution in [0.25, 0.3) is 0 Å². The van der Waals surface area contributed by atoms with Crippen molar-refractivity contribution in [1.82, 2.24) is 15.1 Å². The van der Waals surface area contributed by atoms with Gasteiger partial charge in [-0.2, -0.15) is 0 Å². The number of Topliss-reactive ketones (excluding diaryl/α,β-unsaturated/α-hetero) is 1. The molecule has 0 aromatic heterocycles. The first-order valence-corrected chi connectivity index (χ1v) is 13.2. The van der Waals surface area contributed by atoms with Crippen molar-refractivity contribution in [1.29, 1.82) is 0 Å². The highest BCUT2D eigenvalue weighted by molar-refractivity contribution is 5.92. The lowest BCUT2D eigenvalue weighted by Crippen LogP contribution is -2.56. The topological polar surface area (TPSA) is 79.0 Å². The van der Waals surface area contributed by atoms with Crippen LogP contribution in [0.15, 0.2) is 11.8 Å². The predicted molar refractivity (Wildman–Crippen MR) is 136 cm³/mol. The molecular weight excluding hydrogens is 449 g/mol. The van der Waals surface area contributed by atoms with Gasteiger partial charge in [-0.05, 0) is 80.1 Å². The van der Waals surface area contributed by atoms with Crippen molar-refractivity contribution in [2.45, 2.75) is 123 Å². The van der Waals surface area contributed by atoms with E-state index in [1.54, 1.807) is 40.8 Å². The van der Waals surface area contributed by atoms with E-state index in [9.17, 15) is 18.8 Å². The fourth-order valence-corrected chi connectivity index (χ4v) is 4.96. The highest BCUT2D eigenvalue weighted by Crippen LogP contribution is 2.30. The van der Waals surface area contributed by atoms with Gasteiger partial charge < -0.3 is 19.9 Å². The fraction of sp³-hybridized carbons (Fsp3) is 0.815. The van der Waals surface area contributed by atoms with Gasteiger partial charge in [0.05, 0.1) is 6.04 Å². The van der Waals surface area contributed by atoms with E-state index in [1.807, 2.05) is 9.80 Å². The first-order valence-electron chi connectivity index (χ1n) is 13.2. The van der Waals surface area contributed by atoms with Gasteiger partial charge in [0.25, 0.3) is 0 Å². The van der Waals surface area contributed by atoms with Gasteiger partial charge in [0, 0.05) is 30.9 Å². The van der Waals surface area contributed by atoms with Gasteiger partial charge in [-0.3, -0.25) is 9.59 Å². The van der Waals surface area contributed by atoms with Crippen molar-refractivity contribution < 1.29 is 23.5 Å². The minimum Gasteiger partial charge on any atom is -0.444 e. The summed E-state index contributed by atoms with van der Waals surface area (Å²) in [6.45, 7) is 13.0. The molecule has 0 bridgehead atoms. The number of amides is 2. The number of hydrogen-bond donors (Lipinski definition) is 1. The molecule has 2 aliphatic rings. The van der Waals surface area contributed by atoms with Crippen molar-refractivity contribution >= 4 is 17.8 Å². The van der Waals surface area contributed by atoms with Crippen LogP contribution in [0, 0.1) is 5.92 Å². The monoisotopic (exact) mass is 495 g/mol. The number of nitrogens with zero attached hydrogens (tertiary/aromatic N) is 2. The molecule has 4 atom stereocenters. The van der Waals surface area contributed by atoms with E-state index in [0.717, 1.165) is 44.9 Å². The first-order chi connectivity index (χ1) is 16.3. The lowest BCUT2D eigenvalue weighted by molar-refractivity contribution is -0.136. The lowest BCUT2D eigenvalue weighted by atomic mass is 9.83. The highest BCUT2D eigenvalue weighted by atomic mass is 19.1. The molecule has 1 saturated carbocycles. The Kier molecular flexibility index (Phi) is 10.6. The smallest absolute Gasteiger partial charge is 0.408 e. The van der Waals surface area contributed by atoms with Gasteiger partial charge in [0.15, 0.2) is 5.78 Å². The molecule has 1 aliphatic heterocycles. The number of alkyl carbamates (subject to hydrolysis) is 1. The van der Waals surface area contributed by atoms with Crippen LogP contribution >= 0.6 is 0 Å². The van der Waals surface area contributed by atoms with Crippen LogP contribution < -0.4 is 5.32 Å². The summed E-state index contributed by atoms with van der Waals surface area (Å²) >= 11 is 0. The molecule has 200 valence electrons. The minimum absolute atomic E-state index is 0.0630. The van der Waals surface area contributed by atoms with E-state index in [4.69, 9.17) is 4.74 Å². The van der Waals surface area contributed by atoms with Gasteiger partial charge in [0.1, 0.15) is 17.8 Å². The van der Waals surface area contributed by atoms with Crippen LogP contribution in [-0.4, -0.2) is 70.6 Å². The molecule has 0 aromatic carbocycles. The average molecular weight is 496 g/mol. The van der Waals surface area contributed by atoms with Crippen LogP contribution in [0.2, 0.25) is 0 Å². The molecule has 1 unspecified atom stereocenters. The van der Waals surface area contributed by atoms with Gasteiger partial charge in [-0.25, -0.2) is 9.18 Å². The number of allylic oxidation sites excluding steroid dienone is 1. The van der Waals surface area contributed by atoms with E-state index in [1.165, 1.54) is 13.8 Å². The summed E-state index contributed by atoms with van der Waals surface area (Å²) in [6, 6.07) is -1.19. The summed E-state index contributed by atoms with van der Waals surface area (Å²) in [5, 5.41) is 2.90. The van der Waals surface area contributed by atoms with Crippen molar-refractivity contribution in [3.05, 3.63) is 11.8 Å². The second kappa shape index (κ2) is 12.7. The van der Waals surface area contributed by atoms with Gasteiger partial charge in [0.2, 0.25) is 5.91 Å². The molecule has 1 aliphatic carbocycles. The molecule has 1 N–H and O–H groups in total. The Morgan fingerprint density at radius 2 is 1.71 bits per heavy atom. The van der Waals surface area contributed by atoms with Crippen LogP contribution in [-0.2, 0) is 14.3 Å². The van der Waals surface area contributed by atoms with Crippen LogP contribution in [0.1, 0.15) is 93.4 Å². The average Bonchev–Trinajstić information content (AvgIpc) is 3.23. The Morgan fingerprint density at radius 3 is 2.26 bits per heavy atom. The quantitative estimate of drug-likeness (QED) is 0.456. The first kappa shape index (κ1) is 29.1. The van der Waals surface area contributed by atoms with Crippen LogP contribution in [0.5, 0.6) is 0 Å². The maximum atomic E-state index is 14.3. The Hall–Kier alpha value is -2.12. The van der Waals surface area contributed by atoms with Crippen molar-refractivity contribution in [3.8, 4) is 0 Å². The number of ketones is 1. The molecule has 2 rings (SSSR count). The summed E-state index contributed by atoms with van der Waals surface area (Å²) in [7, 11) is 0. The normalized spacial score (nSPS) is 22.3. The number of alkyl halides is 1. The van der Waals surface area contributed by atoms with E-state index in [-0.39, 0.29) is 23.7 Å². The number of ether oxygens (including phenoxy) is 1. The second-order valence-electron chi connectivity index (χ2n) is 11.3. The minimum atomic E-state index is -1.10. The number of nitrogens with one attached hydrogen (secondary N) is 1. The largest absolute Gasteiger partial charge is 0.444 e. The molecule has 7 nitrogen and oxygen atoms in total. The summed E-state index contributed by atoms with van der Waals surface area (Å²) in [4.78, 5) is 42.1. The zero-order valence-corrected chi connectivity index (χ0v) is 22.7. The molecule has 1 heterocycles. The molecule has 1 saturated heterocycles. The van der Waals surface area contributed by atoms with Gasteiger partial charge in [-0.1, -0.05) is 19.3 Å². The summed E-state index contributed by atoms with van der Waals surface area (Å²) < 4.78 is 19.8. The van der Waals surface area contributed by atoms with Gasteiger partial charge >= 0.3 is 6.09 Å². The lowest BCUT2D eigenvalue weighted by Gasteiger charge is -2.38. The highest BCUT2D eigenvalue weighted by Gasteiger charge is 2.39. The number of hydrogen-bond acceptors (Lipinski definition) is 5. The zero-order valence-electron chi connectivity index (χ0n) is 22.7. The summed E-state index contributed by atoms with van der Waals surface area (Å²) in [5.41, 5.74) is -0.0962. The molecule has 0 radical (unpaired) electrons. The summed E-state index contributed by atoms with van der Waals surface area (Å²) in [6.07, 6.45) is 6.73. The fourth-order valence-electron chi connectivity index (χ4n) is 4.96. The Labute approximate surface area is 210 Å². The summed E-state index contributed by atoms with van der Waals surface area (Å²) in [5.74, 6) is -0.0730. The SMILES string of the molecule is CC(=O)/C(C)=C/N(C[C@@H]1CCCN1C(=O)[C@@H](NC(=O)OC(C)(C)C)C1CCCCC1)C(C)[C@H](C)F. The van der Waals surface area contributed by atoms with Crippen molar-refractivity contribution in [3.63, 3.8) is 0 Å². The molecule has 8 heteroatoms. The van der Waals surface area contributed by atoms with Crippen LogP contribution in [0.3, 0.4) is 0 Å². The number of likely N-dealkylation sites (tertiary alicyclic amines) is 1. The van der Waals surface area contributed by atoms with Crippen LogP contribution in [0.4, 0.5) is 9.18 Å². The van der Waals surface area contributed by atoms with E-state index >= 15 is 0 Å². The maximum Gasteiger partial charge on any atom is 0.408 e. The number of carbonyl (C=O) groups is 3. The molecule has 35 heavy (non-hydrogen) atoms. The maximum absolute atomic E-state index is 14.3. The third-order valence-electron chi connectivity index (χ3n) is 7.24. The van der Waals surface area contributed by atoms with Crippen molar-refractivity contribution in [2.75, 3.05) is 13.1 Å². The number of carbonyl (C=O) groups excluding carboxylic acids is 3. The third-order valence-corrected chi connectivity index (χ3v) is 7.24. The van der Waals surface area contributed by atoms with Crippen molar-refractivity contribution in [2.24, 2.45) is 5.92 Å². The van der Waals surface area contributed by atoms with Gasteiger partial charge in [-0.15, -0.1) is 0 Å². The van der Waals surface area contributed by atoms with E-state index in [0.29, 0.717) is 18.7 Å². The number of rotatable bonds is 9. The Morgan fingerprint density at radius 1 is 1.09 bits per heavy atom. The number of halogens is 1. The predicted octanol–water partition coefficient (Wildman–Crippen LogP) is 4.99. The molecular formula is C27H46FN3O4. The Bertz CT molecular complexity index is 771. The third kappa shape index (κ3) is 8.80. The zero-order chi connectivity index (χ0) is 26.3. The Balaban J connectivity index is 2.24.